The Morgan fingerprint density at radius 1 is 1.17 bits per heavy atom. The Balaban J connectivity index is 1.40. The summed E-state index contributed by atoms with van der Waals surface area (Å²) in [5.74, 6) is 0.240. The van der Waals surface area contributed by atoms with Gasteiger partial charge in [-0.25, -0.2) is 13.8 Å². The van der Waals surface area contributed by atoms with Crippen molar-refractivity contribution >= 4 is 34.7 Å². The van der Waals surface area contributed by atoms with Crippen LogP contribution in [0.1, 0.15) is 58.2 Å². The second kappa shape index (κ2) is 9.83. The van der Waals surface area contributed by atoms with E-state index in [4.69, 9.17) is 0 Å². The Kier molecular flexibility index (Phi) is 6.45. The molecule has 1 aliphatic carbocycles. The number of thiophene rings is 1. The molecule has 180 valence electrons. The number of aromatic nitrogens is 3. The predicted octanol–water partition coefficient (Wildman–Crippen LogP) is 5.87. The van der Waals surface area contributed by atoms with Crippen LogP contribution >= 0.6 is 11.3 Å². The normalized spacial score (nSPS) is 13.9. The van der Waals surface area contributed by atoms with Gasteiger partial charge in [-0.15, -0.1) is 11.3 Å². The molecule has 7 nitrogen and oxygen atoms in total. The van der Waals surface area contributed by atoms with Gasteiger partial charge in [0.2, 0.25) is 0 Å². The lowest BCUT2D eigenvalue weighted by Gasteiger charge is -2.19. The lowest BCUT2D eigenvalue weighted by molar-refractivity contribution is 0.0955. The molecule has 1 fully saturated rings. The molecule has 1 amide bonds. The number of pyridine rings is 1. The smallest absolute Gasteiger partial charge is 0.261 e. The predicted molar refractivity (Wildman–Crippen MR) is 132 cm³/mol. The molecule has 0 unspecified atom stereocenters. The summed E-state index contributed by atoms with van der Waals surface area (Å²) in [5, 5.41) is 18.1. The molecule has 4 aromatic rings. The highest BCUT2D eigenvalue weighted by atomic mass is 32.1. The van der Waals surface area contributed by atoms with Crippen LogP contribution in [0.25, 0.3) is 0 Å². The van der Waals surface area contributed by atoms with Crippen LogP contribution in [0.2, 0.25) is 0 Å². The van der Waals surface area contributed by atoms with Gasteiger partial charge in [-0.1, -0.05) is 18.2 Å². The lowest BCUT2D eigenvalue weighted by Crippen LogP contribution is -2.23. The maximum atomic E-state index is 15.1. The van der Waals surface area contributed by atoms with Crippen LogP contribution in [-0.2, 0) is 6.54 Å². The summed E-state index contributed by atoms with van der Waals surface area (Å²) in [6, 6.07) is 12.6. The largest absolute Gasteiger partial charge is 0.363 e. The monoisotopic (exact) mass is 494 g/mol. The summed E-state index contributed by atoms with van der Waals surface area (Å²) in [5.41, 5.74) is 2.33. The van der Waals surface area contributed by atoms with Gasteiger partial charge in [0.1, 0.15) is 11.6 Å². The van der Waals surface area contributed by atoms with E-state index in [-0.39, 0.29) is 30.1 Å². The van der Waals surface area contributed by atoms with Gasteiger partial charge in [0.05, 0.1) is 4.88 Å². The van der Waals surface area contributed by atoms with Crippen molar-refractivity contribution < 1.29 is 13.6 Å². The number of hydrogen-bond donors (Lipinski definition) is 4. The number of aromatic amines is 1. The number of amides is 1. The van der Waals surface area contributed by atoms with E-state index in [1.165, 1.54) is 29.5 Å². The van der Waals surface area contributed by atoms with Gasteiger partial charge in [0, 0.05) is 35.8 Å². The first-order chi connectivity index (χ1) is 17.0. The molecule has 3 heterocycles. The molecule has 3 aromatic heterocycles. The Labute approximate surface area is 205 Å². The quantitative estimate of drug-likeness (QED) is 0.234. The van der Waals surface area contributed by atoms with Gasteiger partial charge >= 0.3 is 0 Å². The average molecular weight is 495 g/mol. The number of carbonyl (C=O) groups excluding carboxylic acids is 1. The number of carbonyl (C=O) groups is 1. The zero-order chi connectivity index (χ0) is 24.4. The summed E-state index contributed by atoms with van der Waals surface area (Å²) in [6.07, 6.45) is 2.24. The zero-order valence-electron chi connectivity index (χ0n) is 18.9. The van der Waals surface area contributed by atoms with Crippen LogP contribution in [0.5, 0.6) is 0 Å². The summed E-state index contributed by atoms with van der Waals surface area (Å²) in [6.45, 7) is 1.97. The van der Waals surface area contributed by atoms with Gasteiger partial charge in [0.15, 0.2) is 17.5 Å². The van der Waals surface area contributed by atoms with E-state index in [2.05, 4.69) is 31.1 Å². The maximum absolute atomic E-state index is 15.1. The number of benzene rings is 1. The van der Waals surface area contributed by atoms with Crippen LogP contribution in [-0.4, -0.2) is 21.1 Å². The van der Waals surface area contributed by atoms with Crippen LogP contribution in [0.4, 0.5) is 26.2 Å². The minimum absolute atomic E-state index is 0.0148. The molecule has 4 N–H and O–H groups in total. The highest BCUT2D eigenvalue weighted by Gasteiger charge is 2.26. The van der Waals surface area contributed by atoms with Crippen molar-refractivity contribution in [3.05, 3.63) is 87.2 Å². The summed E-state index contributed by atoms with van der Waals surface area (Å²) >= 11 is 1.33. The van der Waals surface area contributed by atoms with Crippen LogP contribution < -0.4 is 16.0 Å². The van der Waals surface area contributed by atoms with Crippen LogP contribution in [0, 0.1) is 11.6 Å². The molecule has 0 radical (unpaired) electrons. The van der Waals surface area contributed by atoms with E-state index >= 15 is 4.39 Å². The fourth-order valence-electron chi connectivity index (χ4n) is 3.71. The fraction of sp³-hybridized carbons (Fsp3) is 0.240. The van der Waals surface area contributed by atoms with Crippen molar-refractivity contribution in [3.63, 3.8) is 0 Å². The first-order valence-electron chi connectivity index (χ1n) is 11.3. The number of halogens is 2. The Bertz CT molecular complexity index is 1320. The minimum atomic E-state index is -0.568. The third-order valence-electron chi connectivity index (χ3n) is 5.82. The summed E-state index contributed by atoms with van der Waals surface area (Å²) in [4.78, 5) is 17.5. The van der Waals surface area contributed by atoms with Crippen LogP contribution in [0.15, 0.2) is 53.9 Å². The maximum Gasteiger partial charge on any atom is 0.261 e. The molecule has 35 heavy (non-hydrogen) atoms. The highest BCUT2D eigenvalue weighted by molar-refractivity contribution is 7.12. The fourth-order valence-corrected chi connectivity index (χ4v) is 4.35. The number of nitrogens with one attached hydrogen (secondary N) is 4. The molecule has 5 rings (SSSR count). The standard InChI is InChI=1S/C25H24F2N6OS/c1-14(15-6-8-18(26)9-7-15)29-23-17(13-28-25(34)21-3-2-10-35-21)11-19(27)24(31-23)30-22-12-20(32-33-22)16-4-5-16/h2-3,6-12,14,16H,4-5,13H2,1H3,(H,28,34)(H3,29,30,31,32,33)/t14-/m0/s1. The molecule has 0 spiro atoms. The molecule has 0 bridgehead atoms. The van der Waals surface area contributed by atoms with Crippen molar-refractivity contribution in [1.29, 1.82) is 0 Å². The van der Waals surface area contributed by atoms with E-state index in [0.717, 1.165) is 24.1 Å². The van der Waals surface area contributed by atoms with Crippen molar-refractivity contribution in [2.45, 2.75) is 38.3 Å². The van der Waals surface area contributed by atoms with E-state index in [9.17, 15) is 9.18 Å². The highest BCUT2D eigenvalue weighted by Crippen LogP contribution is 2.39. The Morgan fingerprint density at radius 3 is 2.69 bits per heavy atom. The van der Waals surface area contributed by atoms with Gasteiger partial charge < -0.3 is 16.0 Å². The molecular weight excluding hydrogens is 470 g/mol. The molecule has 10 heteroatoms. The third kappa shape index (κ3) is 5.48. The van der Waals surface area contributed by atoms with Crippen molar-refractivity contribution in [1.82, 2.24) is 20.5 Å². The van der Waals surface area contributed by atoms with Gasteiger partial charge in [0.25, 0.3) is 5.91 Å². The van der Waals surface area contributed by atoms with Gasteiger partial charge in [-0.05, 0) is 55.0 Å². The number of H-pyrrole nitrogens is 1. The molecule has 0 aliphatic heterocycles. The number of anilines is 3. The topological polar surface area (TPSA) is 94.7 Å². The van der Waals surface area contributed by atoms with E-state index < -0.39 is 5.82 Å². The Morgan fingerprint density at radius 2 is 1.97 bits per heavy atom. The first kappa shape index (κ1) is 23.0. The van der Waals surface area contributed by atoms with Gasteiger partial charge in [-0.2, -0.15) is 5.10 Å². The molecule has 0 saturated heterocycles. The second-order valence-corrected chi connectivity index (χ2v) is 9.46. The van der Waals surface area contributed by atoms with E-state index in [1.807, 2.05) is 18.4 Å². The third-order valence-corrected chi connectivity index (χ3v) is 6.69. The molecule has 1 saturated carbocycles. The lowest BCUT2D eigenvalue weighted by atomic mass is 10.1. The van der Waals surface area contributed by atoms with Crippen molar-refractivity contribution in [3.8, 4) is 0 Å². The van der Waals surface area contributed by atoms with E-state index in [1.54, 1.807) is 24.3 Å². The molecule has 1 atom stereocenters. The second-order valence-electron chi connectivity index (χ2n) is 8.51. The number of hydrogen-bond acceptors (Lipinski definition) is 6. The molecular formula is C25H24F2N6OS. The average Bonchev–Trinajstić information content (AvgIpc) is 3.34. The first-order valence-corrected chi connectivity index (χ1v) is 12.2. The van der Waals surface area contributed by atoms with Crippen molar-refractivity contribution in [2.24, 2.45) is 0 Å². The molecule has 1 aromatic carbocycles. The number of nitrogens with zero attached hydrogens (tertiary/aromatic N) is 2. The van der Waals surface area contributed by atoms with E-state index in [0.29, 0.717) is 28.0 Å². The minimum Gasteiger partial charge on any atom is -0.363 e. The number of rotatable bonds is 9. The molecule has 1 aliphatic rings. The SMILES string of the molecule is C[C@H](Nc1nc(Nc2cc(C3CC3)[nH]n2)c(F)cc1CNC(=O)c1cccs1)c1ccc(F)cc1. The summed E-state index contributed by atoms with van der Waals surface area (Å²) in [7, 11) is 0. The zero-order valence-corrected chi connectivity index (χ0v) is 19.8. The summed E-state index contributed by atoms with van der Waals surface area (Å²) < 4.78 is 28.4. The van der Waals surface area contributed by atoms with Crippen LogP contribution in [0.3, 0.4) is 0 Å². The van der Waals surface area contributed by atoms with Crippen molar-refractivity contribution in [2.75, 3.05) is 10.6 Å². The van der Waals surface area contributed by atoms with Gasteiger partial charge in [-0.3, -0.25) is 9.89 Å². The Hall–Kier alpha value is -3.79.